The van der Waals surface area contributed by atoms with Crippen LogP contribution in [0.3, 0.4) is 0 Å². The van der Waals surface area contributed by atoms with Crippen molar-refractivity contribution in [2.45, 2.75) is 38.5 Å². The Hall–Kier alpha value is -3.61. The van der Waals surface area contributed by atoms with Gasteiger partial charge in [-0.1, -0.05) is 18.2 Å². The number of Topliss-reactive ketones (excluding diaryl/α,β-unsaturated/α-hetero) is 1. The van der Waals surface area contributed by atoms with E-state index in [4.69, 9.17) is 14.2 Å². The van der Waals surface area contributed by atoms with Crippen molar-refractivity contribution in [3.63, 3.8) is 0 Å². The fourth-order valence-electron chi connectivity index (χ4n) is 4.85. The second-order valence-electron chi connectivity index (χ2n) is 8.40. The van der Waals surface area contributed by atoms with Gasteiger partial charge in [0, 0.05) is 29.3 Å². The number of benzene rings is 2. The number of halogens is 1. The lowest BCUT2D eigenvalue weighted by Gasteiger charge is -2.36. The van der Waals surface area contributed by atoms with Crippen LogP contribution in [0.1, 0.15) is 49.7 Å². The molecule has 6 nitrogen and oxygen atoms in total. The summed E-state index contributed by atoms with van der Waals surface area (Å²) in [6.45, 7) is 3.76. The minimum atomic E-state index is -0.616. The molecule has 0 radical (unpaired) electrons. The maximum absolute atomic E-state index is 13.7. The maximum atomic E-state index is 13.7. The SMILES string of the molecule is CCOC(=O)C1=C(C)NC2=C(C(=O)C[C@@H](c3ccc(OC)c(OC)c3)C2)[C@@H]1c1ccc(F)cc1. The molecule has 0 fully saturated rings. The van der Waals surface area contributed by atoms with Crippen molar-refractivity contribution < 1.29 is 28.2 Å². The number of nitrogens with one attached hydrogen (secondary N) is 1. The summed E-state index contributed by atoms with van der Waals surface area (Å²) < 4.78 is 29.7. The molecule has 1 N–H and O–H groups in total. The molecule has 1 aliphatic carbocycles. The van der Waals surface area contributed by atoms with Gasteiger partial charge in [-0.25, -0.2) is 9.18 Å². The van der Waals surface area contributed by atoms with E-state index in [2.05, 4.69) is 5.32 Å². The van der Waals surface area contributed by atoms with Gasteiger partial charge in [0.15, 0.2) is 17.3 Å². The van der Waals surface area contributed by atoms with Crippen molar-refractivity contribution >= 4 is 11.8 Å². The van der Waals surface area contributed by atoms with Crippen LogP contribution in [0.15, 0.2) is 65.0 Å². The van der Waals surface area contributed by atoms with E-state index >= 15 is 0 Å². The number of esters is 1. The molecular formula is C27H28FNO5. The third-order valence-corrected chi connectivity index (χ3v) is 6.41. The van der Waals surface area contributed by atoms with Crippen LogP contribution >= 0.6 is 0 Å². The number of allylic oxidation sites excluding steroid dienone is 3. The summed E-state index contributed by atoms with van der Waals surface area (Å²) >= 11 is 0. The molecule has 1 heterocycles. The van der Waals surface area contributed by atoms with E-state index in [-0.39, 0.29) is 30.5 Å². The lowest BCUT2D eigenvalue weighted by atomic mass is 9.71. The fraction of sp³-hybridized carbons (Fsp3) is 0.333. The maximum Gasteiger partial charge on any atom is 0.336 e. The molecule has 0 aromatic heterocycles. The monoisotopic (exact) mass is 465 g/mol. The average Bonchev–Trinajstić information content (AvgIpc) is 2.83. The first-order valence-electron chi connectivity index (χ1n) is 11.3. The molecule has 2 aromatic rings. The van der Waals surface area contributed by atoms with Gasteiger partial charge in [-0.3, -0.25) is 4.79 Å². The van der Waals surface area contributed by atoms with Crippen LogP contribution in [0.5, 0.6) is 11.5 Å². The highest BCUT2D eigenvalue weighted by atomic mass is 19.1. The summed E-state index contributed by atoms with van der Waals surface area (Å²) in [5.41, 5.74) is 3.97. The topological polar surface area (TPSA) is 73.9 Å². The van der Waals surface area contributed by atoms with Gasteiger partial charge in [-0.2, -0.15) is 0 Å². The fourth-order valence-corrected chi connectivity index (χ4v) is 4.85. The van der Waals surface area contributed by atoms with Gasteiger partial charge in [0.2, 0.25) is 0 Å². The number of hydrogen-bond acceptors (Lipinski definition) is 6. The smallest absolute Gasteiger partial charge is 0.336 e. The largest absolute Gasteiger partial charge is 0.493 e. The van der Waals surface area contributed by atoms with Gasteiger partial charge < -0.3 is 19.5 Å². The predicted molar refractivity (Wildman–Crippen MR) is 125 cm³/mol. The second kappa shape index (κ2) is 9.71. The molecule has 0 unspecified atom stereocenters. The first-order chi connectivity index (χ1) is 16.4. The lowest BCUT2D eigenvalue weighted by molar-refractivity contribution is -0.138. The molecule has 2 aromatic carbocycles. The molecule has 34 heavy (non-hydrogen) atoms. The first-order valence-corrected chi connectivity index (χ1v) is 11.3. The summed E-state index contributed by atoms with van der Waals surface area (Å²) in [6.07, 6.45) is 0.866. The summed E-state index contributed by atoms with van der Waals surface area (Å²) in [5.74, 6) is -0.375. The van der Waals surface area contributed by atoms with Crippen molar-refractivity contribution in [1.82, 2.24) is 5.32 Å². The molecule has 4 rings (SSSR count). The van der Waals surface area contributed by atoms with Crippen molar-refractivity contribution in [3.8, 4) is 11.5 Å². The van der Waals surface area contributed by atoms with E-state index in [1.807, 2.05) is 18.2 Å². The Balaban J connectivity index is 1.77. The van der Waals surface area contributed by atoms with E-state index in [1.165, 1.54) is 12.1 Å². The summed E-state index contributed by atoms with van der Waals surface area (Å²) in [4.78, 5) is 26.5. The Morgan fingerprint density at radius 1 is 1.03 bits per heavy atom. The average molecular weight is 466 g/mol. The molecule has 0 amide bonds. The zero-order chi connectivity index (χ0) is 24.4. The molecule has 0 saturated carbocycles. The normalized spacial score (nSPS) is 20.0. The van der Waals surface area contributed by atoms with Crippen LogP contribution < -0.4 is 14.8 Å². The van der Waals surface area contributed by atoms with E-state index in [9.17, 15) is 14.0 Å². The minimum Gasteiger partial charge on any atom is -0.493 e. The number of methoxy groups -OCH3 is 2. The Morgan fingerprint density at radius 2 is 1.71 bits per heavy atom. The van der Waals surface area contributed by atoms with Gasteiger partial charge in [0.25, 0.3) is 0 Å². The van der Waals surface area contributed by atoms with Crippen LogP contribution in [-0.2, 0) is 14.3 Å². The molecule has 0 spiro atoms. The summed E-state index contributed by atoms with van der Waals surface area (Å²) in [5, 5.41) is 3.31. The quantitative estimate of drug-likeness (QED) is 0.620. The third kappa shape index (κ3) is 4.30. The van der Waals surface area contributed by atoms with Gasteiger partial charge in [-0.15, -0.1) is 0 Å². The Bertz CT molecular complexity index is 1180. The van der Waals surface area contributed by atoms with E-state index in [0.717, 1.165) is 11.3 Å². The Labute approximate surface area is 198 Å². The molecule has 2 aliphatic rings. The number of carbonyl (C=O) groups excluding carboxylic acids is 2. The van der Waals surface area contributed by atoms with Crippen LogP contribution in [0.4, 0.5) is 4.39 Å². The van der Waals surface area contributed by atoms with Crippen molar-refractivity contribution in [2.24, 2.45) is 0 Å². The molecule has 0 saturated heterocycles. The van der Waals surface area contributed by atoms with E-state index in [0.29, 0.717) is 40.3 Å². The van der Waals surface area contributed by atoms with Crippen LogP contribution in [-0.4, -0.2) is 32.6 Å². The Kier molecular flexibility index (Phi) is 6.72. The van der Waals surface area contributed by atoms with Gasteiger partial charge in [0.05, 0.1) is 26.4 Å². The van der Waals surface area contributed by atoms with Crippen LogP contribution in [0.2, 0.25) is 0 Å². The van der Waals surface area contributed by atoms with E-state index < -0.39 is 11.9 Å². The van der Waals surface area contributed by atoms with Gasteiger partial charge in [-0.05, 0) is 61.6 Å². The number of carbonyl (C=O) groups is 2. The summed E-state index contributed by atoms with van der Waals surface area (Å²) in [6, 6.07) is 11.6. The van der Waals surface area contributed by atoms with Crippen LogP contribution in [0, 0.1) is 5.82 Å². The number of dihydropyridines is 1. The van der Waals surface area contributed by atoms with Crippen molar-refractivity contribution in [3.05, 3.63) is 81.9 Å². The predicted octanol–water partition coefficient (Wildman–Crippen LogP) is 4.77. The molecular weight excluding hydrogens is 437 g/mol. The van der Waals surface area contributed by atoms with Crippen molar-refractivity contribution in [2.75, 3.05) is 20.8 Å². The standard InChI is InChI=1S/C27H28FNO5/c1-5-34-27(31)24-15(2)29-20-12-18(17-8-11-22(32-3)23(14-17)33-4)13-21(30)26(20)25(24)16-6-9-19(28)10-7-16/h6-11,14,18,25,29H,5,12-13H2,1-4H3/t18-,25+/m0/s1. The summed E-state index contributed by atoms with van der Waals surface area (Å²) in [7, 11) is 3.16. The van der Waals surface area contributed by atoms with Crippen LogP contribution in [0.25, 0.3) is 0 Å². The van der Waals surface area contributed by atoms with Crippen molar-refractivity contribution in [1.29, 1.82) is 0 Å². The Morgan fingerprint density at radius 3 is 2.35 bits per heavy atom. The molecule has 7 heteroatoms. The van der Waals surface area contributed by atoms with Gasteiger partial charge >= 0.3 is 5.97 Å². The number of ketones is 1. The highest BCUT2D eigenvalue weighted by Crippen LogP contribution is 2.46. The molecule has 1 aliphatic heterocycles. The first kappa shape index (κ1) is 23.5. The zero-order valence-corrected chi connectivity index (χ0v) is 19.7. The second-order valence-corrected chi connectivity index (χ2v) is 8.40. The highest BCUT2D eigenvalue weighted by Gasteiger charge is 2.41. The van der Waals surface area contributed by atoms with E-state index in [1.54, 1.807) is 40.2 Å². The zero-order valence-electron chi connectivity index (χ0n) is 19.7. The molecule has 2 atom stereocenters. The number of ether oxygens (including phenoxy) is 3. The van der Waals surface area contributed by atoms with Gasteiger partial charge in [0.1, 0.15) is 5.82 Å². The number of hydrogen-bond donors (Lipinski definition) is 1. The minimum absolute atomic E-state index is 0.0582. The number of rotatable bonds is 6. The third-order valence-electron chi connectivity index (χ3n) is 6.41. The molecule has 0 bridgehead atoms. The highest BCUT2D eigenvalue weighted by molar-refractivity contribution is 6.04. The lowest BCUT2D eigenvalue weighted by Crippen LogP contribution is -2.36. The molecule has 178 valence electrons.